The second-order valence-corrected chi connectivity index (χ2v) is 10.9. The largest absolute Gasteiger partial charge is 0.371 e. The van der Waals surface area contributed by atoms with Gasteiger partial charge in [0.25, 0.3) is 5.91 Å². The molecular weight excluding hydrogens is 448 g/mol. The summed E-state index contributed by atoms with van der Waals surface area (Å²) in [6.45, 7) is 3.02. The molecule has 7 nitrogen and oxygen atoms in total. The van der Waals surface area contributed by atoms with Gasteiger partial charge >= 0.3 is 0 Å². The van der Waals surface area contributed by atoms with Gasteiger partial charge in [0.05, 0.1) is 16.1 Å². The molecule has 0 aliphatic carbocycles. The smallest absolute Gasteiger partial charge is 0.257 e. The summed E-state index contributed by atoms with van der Waals surface area (Å²) in [4.78, 5) is 20.1. The van der Waals surface area contributed by atoms with Gasteiger partial charge in [-0.2, -0.15) is 4.31 Å². The van der Waals surface area contributed by atoms with E-state index >= 15 is 0 Å². The summed E-state index contributed by atoms with van der Waals surface area (Å²) < 4.78 is 28.2. The molecule has 0 radical (unpaired) electrons. The molecule has 1 amide bonds. The van der Waals surface area contributed by atoms with Crippen molar-refractivity contribution in [1.82, 2.24) is 9.29 Å². The molecule has 2 aromatic carbocycles. The number of pyridine rings is 1. The van der Waals surface area contributed by atoms with Crippen LogP contribution in [0.2, 0.25) is 0 Å². The average molecular weight is 479 g/mol. The molecule has 2 saturated heterocycles. The number of piperidine rings is 2. The molecule has 1 aromatic heterocycles. The molecular formula is C26H30N4O3S. The molecule has 0 atom stereocenters. The van der Waals surface area contributed by atoms with Gasteiger partial charge in [-0.1, -0.05) is 18.6 Å². The highest BCUT2D eigenvalue weighted by Gasteiger charge is 2.30. The van der Waals surface area contributed by atoms with E-state index in [1.807, 2.05) is 18.2 Å². The summed E-state index contributed by atoms with van der Waals surface area (Å²) in [5.41, 5.74) is 1.92. The van der Waals surface area contributed by atoms with Crippen LogP contribution in [0.25, 0.3) is 10.8 Å². The minimum atomic E-state index is -3.74. The molecule has 0 bridgehead atoms. The zero-order valence-electron chi connectivity index (χ0n) is 19.2. The second kappa shape index (κ2) is 9.72. The summed E-state index contributed by atoms with van der Waals surface area (Å²) in [7, 11) is -3.74. The number of amides is 1. The normalized spacial score (nSPS) is 17.6. The van der Waals surface area contributed by atoms with Gasteiger partial charge in [0, 0.05) is 55.0 Å². The fraction of sp³-hybridized carbons (Fsp3) is 0.385. The molecule has 3 heterocycles. The van der Waals surface area contributed by atoms with E-state index in [9.17, 15) is 13.2 Å². The fourth-order valence-corrected chi connectivity index (χ4v) is 6.71. The molecule has 2 aliphatic rings. The predicted octanol–water partition coefficient (Wildman–Crippen LogP) is 4.65. The van der Waals surface area contributed by atoms with E-state index in [2.05, 4.69) is 15.2 Å². The van der Waals surface area contributed by atoms with Crippen LogP contribution in [-0.2, 0) is 10.0 Å². The number of benzene rings is 2. The maximum Gasteiger partial charge on any atom is 0.257 e. The molecule has 8 heteroatoms. The van der Waals surface area contributed by atoms with Gasteiger partial charge in [0.15, 0.2) is 0 Å². The number of carbonyl (C=O) groups excluding carboxylic acids is 1. The molecule has 2 fully saturated rings. The quantitative estimate of drug-likeness (QED) is 0.577. The van der Waals surface area contributed by atoms with E-state index < -0.39 is 15.9 Å². The van der Waals surface area contributed by atoms with Crippen molar-refractivity contribution in [1.29, 1.82) is 0 Å². The van der Waals surface area contributed by atoms with Crippen LogP contribution in [0.15, 0.2) is 59.8 Å². The Balaban J connectivity index is 1.47. The van der Waals surface area contributed by atoms with Gasteiger partial charge in [-0.25, -0.2) is 8.42 Å². The molecule has 1 N–H and O–H groups in total. The van der Waals surface area contributed by atoms with Crippen LogP contribution in [-0.4, -0.2) is 49.8 Å². The first-order chi connectivity index (χ1) is 16.6. The van der Waals surface area contributed by atoms with Crippen LogP contribution in [0.4, 0.5) is 11.4 Å². The average Bonchev–Trinajstić information content (AvgIpc) is 2.90. The summed E-state index contributed by atoms with van der Waals surface area (Å²) in [5.74, 6) is -0.438. The van der Waals surface area contributed by atoms with Crippen LogP contribution in [0, 0.1) is 0 Å². The second-order valence-electron chi connectivity index (χ2n) is 9.02. The van der Waals surface area contributed by atoms with Gasteiger partial charge in [0.2, 0.25) is 10.0 Å². The van der Waals surface area contributed by atoms with Crippen molar-refractivity contribution in [2.45, 2.75) is 43.4 Å². The zero-order valence-corrected chi connectivity index (χ0v) is 20.1. The lowest BCUT2D eigenvalue weighted by Gasteiger charge is -2.30. The highest BCUT2D eigenvalue weighted by atomic mass is 32.2. The first kappa shape index (κ1) is 22.8. The lowest BCUT2D eigenvalue weighted by molar-refractivity contribution is 0.102. The number of hydrogen-bond donors (Lipinski definition) is 1. The summed E-state index contributed by atoms with van der Waals surface area (Å²) in [6.07, 6.45) is 9.84. The number of anilines is 2. The Labute approximate surface area is 200 Å². The van der Waals surface area contributed by atoms with E-state index in [-0.39, 0.29) is 10.5 Å². The van der Waals surface area contributed by atoms with Gasteiger partial charge in [-0.3, -0.25) is 9.78 Å². The van der Waals surface area contributed by atoms with Crippen molar-refractivity contribution in [3.05, 3.63) is 60.4 Å². The number of sulfonamides is 1. The van der Waals surface area contributed by atoms with Crippen LogP contribution in [0.5, 0.6) is 0 Å². The first-order valence-electron chi connectivity index (χ1n) is 12.1. The first-order valence-corrected chi connectivity index (χ1v) is 13.5. The third kappa shape index (κ3) is 4.40. The van der Waals surface area contributed by atoms with Crippen molar-refractivity contribution >= 4 is 38.1 Å². The van der Waals surface area contributed by atoms with E-state index in [4.69, 9.17) is 0 Å². The number of fused-ring (bicyclic) bond motifs is 1. The molecule has 178 valence electrons. The standard InChI is InChI=1S/C26H30N4O3S/c31-26(21-9-3-4-10-25(21)34(32,33)30-17-7-2-8-18-30)28-23-11-12-24(29-15-5-1-6-16-29)20-13-14-27-19-22(20)23/h3-4,9-14,19H,1-2,5-8,15-18H2,(H,28,31). The summed E-state index contributed by atoms with van der Waals surface area (Å²) >= 11 is 0. The maximum absolute atomic E-state index is 13.4. The van der Waals surface area contributed by atoms with Gasteiger partial charge in [-0.05, 0) is 62.4 Å². The van der Waals surface area contributed by atoms with Gasteiger partial charge in [-0.15, -0.1) is 0 Å². The molecule has 34 heavy (non-hydrogen) atoms. The Kier molecular flexibility index (Phi) is 6.52. The topological polar surface area (TPSA) is 82.6 Å². The minimum absolute atomic E-state index is 0.0572. The van der Waals surface area contributed by atoms with E-state index in [1.165, 1.54) is 29.6 Å². The molecule has 0 spiro atoms. The third-order valence-electron chi connectivity index (χ3n) is 6.80. The molecule has 0 unspecified atom stereocenters. The summed E-state index contributed by atoms with van der Waals surface area (Å²) in [5, 5.41) is 4.84. The minimum Gasteiger partial charge on any atom is -0.371 e. The molecule has 3 aromatic rings. The number of aromatic nitrogens is 1. The number of hydrogen-bond acceptors (Lipinski definition) is 5. The Hall–Kier alpha value is -2.97. The SMILES string of the molecule is O=C(Nc1ccc(N2CCCCC2)c2ccncc12)c1ccccc1S(=O)(=O)N1CCCCC1. The molecule has 2 aliphatic heterocycles. The zero-order chi connectivity index (χ0) is 23.5. The van der Waals surface area contributed by atoms with E-state index in [1.54, 1.807) is 30.6 Å². The monoisotopic (exact) mass is 478 g/mol. The lowest BCUT2D eigenvalue weighted by atomic mass is 10.0. The number of nitrogens with one attached hydrogen (secondary N) is 1. The van der Waals surface area contributed by atoms with Crippen molar-refractivity contribution < 1.29 is 13.2 Å². The fourth-order valence-electron chi connectivity index (χ4n) is 5.01. The van der Waals surface area contributed by atoms with Gasteiger partial charge < -0.3 is 10.2 Å². The van der Waals surface area contributed by atoms with Crippen LogP contribution >= 0.6 is 0 Å². The Morgan fingerprint density at radius 3 is 2.29 bits per heavy atom. The Morgan fingerprint density at radius 1 is 0.824 bits per heavy atom. The van der Waals surface area contributed by atoms with Crippen molar-refractivity contribution in [3.8, 4) is 0 Å². The lowest BCUT2D eigenvalue weighted by Crippen LogP contribution is -2.36. The third-order valence-corrected chi connectivity index (χ3v) is 8.76. The number of rotatable bonds is 5. The van der Waals surface area contributed by atoms with Crippen LogP contribution in [0.3, 0.4) is 0 Å². The van der Waals surface area contributed by atoms with E-state index in [0.29, 0.717) is 18.8 Å². The van der Waals surface area contributed by atoms with Crippen molar-refractivity contribution in [2.24, 2.45) is 0 Å². The van der Waals surface area contributed by atoms with Crippen molar-refractivity contribution in [2.75, 3.05) is 36.4 Å². The highest BCUT2D eigenvalue weighted by Crippen LogP contribution is 2.34. The summed E-state index contributed by atoms with van der Waals surface area (Å²) in [6, 6.07) is 12.4. The van der Waals surface area contributed by atoms with Gasteiger partial charge in [0.1, 0.15) is 0 Å². The maximum atomic E-state index is 13.4. The molecule has 5 rings (SSSR count). The highest BCUT2D eigenvalue weighted by molar-refractivity contribution is 7.89. The van der Waals surface area contributed by atoms with Crippen LogP contribution < -0.4 is 10.2 Å². The van der Waals surface area contributed by atoms with Crippen LogP contribution in [0.1, 0.15) is 48.9 Å². The number of carbonyl (C=O) groups is 1. The van der Waals surface area contributed by atoms with Crippen molar-refractivity contribution in [3.63, 3.8) is 0 Å². The Bertz CT molecular complexity index is 1300. The molecule has 0 saturated carbocycles. The predicted molar refractivity (Wildman–Crippen MR) is 135 cm³/mol. The van der Waals surface area contributed by atoms with E-state index in [0.717, 1.165) is 48.8 Å². The number of nitrogens with zero attached hydrogens (tertiary/aromatic N) is 3. The Morgan fingerprint density at radius 2 is 1.53 bits per heavy atom.